The fourth-order valence-corrected chi connectivity index (χ4v) is 3.57. The van der Waals surface area contributed by atoms with Crippen molar-refractivity contribution in [3.05, 3.63) is 22.6 Å². The number of halogens is 1. The fourth-order valence-electron chi connectivity index (χ4n) is 3.24. The molecule has 3 rings (SSSR count). The molecule has 1 fully saturated rings. The number of nitrogens with zero attached hydrogens (tertiary/aromatic N) is 3. The van der Waals surface area contributed by atoms with Gasteiger partial charge < -0.3 is 14.6 Å². The summed E-state index contributed by atoms with van der Waals surface area (Å²) in [5, 5.41) is 0. The molecule has 0 aliphatic carbocycles. The number of piperidine rings is 1. The predicted octanol–water partition coefficient (Wildman–Crippen LogP) is 3.61. The van der Waals surface area contributed by atoms with Gasteiger partial charge in [0.15, 0.2) is 11.8 Å². The van der Waals surface area contributed by atoms with Crippen LogP contribution < -0.4 is 0 Å². The monoisotopic (exact) mass is 436 g/mol. The van der Waals surface area contributed by atoms with E-state index in [1.54, 1.807) is 18.0 Å². The number of likely N-dealkylation sites (tertiary alicyclic amines) is 1. The highest BCUT2D eigenvalue weighted by molar-refractivity contribution is 9.10. The second-order valence-electron chi connectivity index (χ2n) is 8.07. The number of nitrogens with one attached hydrogen (secondary N) is 1. The average Bonchev–Trinajstić information content (AvgIpc) is 3.03. The van der Waals surface area contributed by atoms with E-state index in [0.29, 0.717) is 24.6 Å². The maximum atomic E-state index is 12.6. The molecule has 8 heteroatoms. The van der Waals surface area contributed by atoms with E-state index < -0.39 is 11.5 Å². The molecule has 0 saturated carbocycles. The molecule has 0 aromatic carbocycles. The van der Waals surface area contributed by atoms with Gasteiger partial charge in [0, 0.05) is 29.2 Å². The quantitative estimate of drug-likeness (QED) is 0.742. The van der Waals surface area contributed by atoms with E-state index in [0.717, 1.165) is 22.8 Å². The Morgan fingerprint density at radius 3 is 2.85 bits per heavy atom. The van der Waals surface area contributed by atoms with Crippen LogP contribution >= 0.6 is 15.9 Å². The lowest BCUT2D eigenvalue weighted by molar-refractivity contribution is -0.157. The summed E-state index contributed by atoms with van der Waals surface area (Å²) in [5.41, 5.74) is 0.909. The van der Waals surface area contributed by atoms with Crippen LogP contribution in [0.25, 0.3) is 11.2 Å². The van der Waals surface area contributed by atoms with Crippen molar-refractivity contribution in [1.82, 2.24) is 19.9 Å². The number of hydrogen-bond acceptors (Lipinski definition) is 5. The van der Waals surface area contributed by atoms with Gasteiger partial charge in [-0.25, -0.2) is 9.97 Å². The lowest BCUT2D eigenvalue weighted by Gasteiger charge is -2.35. The molecule has 2 aromatic rings. The van der Waals surface area contributed by atoms with Gasteiger partial charge in [-0.2, -0.15) is 0 Å². The smallest absolute Gasteiger partial charge is 0.311 e. The van der Waals surface area contributed by atoms with Crippen molar-refractivity contribution in [2.45, 2.75) is 46.6 Å². The highest BCUT2D eigenvalue weighted by atomic mass is 79.9. The van der Waals surface area contributed by atoms with Gasteiger partial charge in [-0.05, 0) is 41.8 Å². The predicted molar refractivity (Wildman–Crippen MR) is 105 cm³/mol. The number of esters is 1. The zero-order valence-electron chi connectivity index (χ0n) is 16.1. The lowest BCUT2D eigenvalue weighted by Crippen LogP contribution is -2.47. The van der Waals surface area contributed by atoms with Crippen LogP contribution in [0.1, 0.15) is 52.5 Å². The standard InChI is InChI=1S/C19H25BrN4O3/c1-11(15-22-14-8-13(20)9-21-16(14)23-15)27-17(25)12-6-5-7-24(10-12)18(26)19(2,3)4/h8-9,11-12H,5-7,10H2,1-4H3,(H,21,22,23)/t11-,12+/m0/s1. The number of carbonyl (C=O) groups excluding carboxylic acids is 2. The van der Waals surface area contributed by atoms with E-state index in [1.807, 2.05) is 26.8 Å². The Kier molecular flexibility index (Phi) is 5.55. The number of fused-ring (bicyclic) bond motifs is 1. The molecule has 1 saturated heterocycles. The number of carbonyl (C=O) groups is 2. The number of rotatable bonds is 3. The number of aromatic nitrogens is 3. The van der Waals surface area contributed by atoms with Crippen LogP contribution in [0.2, 0.25) is 0 Å². The topological polar surface area (TPSA) is 88.2 Å². The van der Waals surface area contributed by atoms with Crippen molar-refractivity contribution < 1.29 is 14.3 Å². The summed E-state index contributed by atoms with van der Waals surface area (Å²) in [6.45, 7) is 8.58. The second kappa shape index (κ2) is 7.58. The average molecular weight is 437 g/mol. The van der Waals surface area contributed by atoms with Gasteiger partial charge in [0.2, 0.25) is 5.91 Å². The van der Waals surface area contributed by atoms with E-state index in [-0.39, 0.29) is 17.8 Å². The second-order valence-corrected chi connectivity index (χ2v) is 8.98. The lowest BCUT2D eigenvalue weighted by atomic mass is 9.91. The molecule has 2 atom stereocenters. The van der Waals surface area contributed by atoms with Crippen molar-refractivity contribution in [1.29, 1.82) is 0 Å². The molecule has 0 spiro atoms. The van der Waals surface area contributed by atoms with Crippen LogP contribution in [-0.4, -0.2) is 44.8 Å². The Morgan fingerprint density at radius 1 is 1.41 bits per heavy atom. The Bertz CT molecular complexity index is 858. The maximum Gasteiger partial charge on any atom is 0.311 e. The first-order valence-corrected chi connectivity index (χ1v) is 9.95. The molecule has 1 N–H and O–H groups in total. The maximum absolute atomic E-state index is 12.6. The van der Waals surface area contributed by atoms with Gasteiger partial charge in [-0.15, -0.1) is 0 Å². The van der Waals surface area contributed by atoms with Crippen molar-refractivity contribution in [3.63, 3.8) is 0 Å². The molecule has 0 bridgehead atoms. The molecule has 1 aliphatic rings. The Hall–Kier alpha value is -1.96. The normalized spacial score (nSPS) is 19.1. The number of H-pyrrole nitrogens is 1. The number of pyridine rings is 1. The van der Waals surface area contributed by atoms with Gasteiger partial charge in [-0.1, -0.05) is 20.8 Å². The number of hydrogen-bond donors (Lipinski definition) is 1. The first kappa shape index (κ1) is 19.8. The van der Waals surface area contributed by atoms with Crippen LogP contribution in [0.15, 0.2) is 16.7 Å². The minimum absolute atomic E-state index is 0.0713. The van der Waals surface area contributed by atoms with Crippen LogP contribution in [0, 0.1) is 11.3 Å². The Morgan fingerprint density at radius 2 is 2.15 bits per heavy atom. The van der Waals surface area contributed by atoms with E-state index in [4.69, 9.17) is 4.74 Å². The molecule has 2 aromatic heterocycles. The summed E-state index contributed by atoms with van der Waals surface area (Å²) < 4.78 is 6.49. The highest BCUT2D eigenvalue weighted by Gasteiger charge is 2.34. The summed E-state index contributed by atoms with van der Waals surface area (Å²) in [7, 11) is 0. The van der Waals surface area contributed by atoms with Gasteiger partial charge in [-0.3, -0.25) is 9.59 Å². The first-order chi connectivity index (χ1) is 12.6. The van der Waals surface area contributed by atoms with Crippen LogP contribution in [0.4, 0.5) is 0 Å². The van der Waals surface area contributed by atoms with Gasteiger partial charge in [0.1, 0.15) is 5.82 Å². The van der Waals surface area contributed by atoms with E-state index >= 15 is 0 Å². The third kappa shape index (κ3) is 4.48. The molecule has 3 heterocycles. The largest absolute Gasteiger partial charge is 0.454 e. The Labute approximate surface area is 167 Å². The number of amides is 1. The molecular weight excluding hydrogens is 412 g/mol. The number of aromatic amines is 1. The molecule has 7 nitrogen and oxygen atoms in total. The van der Waals surface area contributed by atoms with Crippen molar-refractivity contribution in [2.24, 2.45) is 11.3 Å². The first-order valence-electron chi connectivity index (χ1n) is 9.16. The SMILES string of the molecule is C[C@H](OC(=O)[C@@H]1CCCN(C(=O)C(C)(C)C)C1)c1nc2ncc(Br)cc2[nH]1. The van der Waals surface area contributed by atoms with Crippen molar-refractivity contribution in [2.75, 3.05) is 13.1 Å². The fraction of sp³-hybridized carbons (Fsp3) is 0.579. The zero-order chi connectivity index (χ0) is 19.8. The highest BCUT2D eigenvalue weighted by Crippen LogP contribution is 2.26. The molecule has 1 aliphatic heterocycles. The van der Waals surface area contributed by atoms with Crippen molar-refractivity contribution >= 4 is 39.0 Å². The third-order valence-corrected chi connectivity index (χ3v) is 5.12. The van der Waals surface area contributed by atoms with Crippen LogP contribution in [0.5, 0.6) is 0 Å². The summed E-state index contributed by atoms with van der Waals surface area (Å²) in [6, 6.07) is 1.88. The van der Waals surface area contributed by atoms with Crippen molar-refractivity contribution in [3.8, 4) is 0 Å². The molecule has 27 heavy (non-hydrogen) atoms. The van der Waals surface area contributed by atoms with Crippen LogP contribution in [0.3, 0.4) is 0 Å². The molecule has 0 unspecified atom stereocenters. The van der Waals surface area contributed by atoms with Gasteiger partial charge in [0.25, 0.3) is 0 Å². The minimum atomic E-state index is -0.515. The summed E-state index contributed by atoms with van der Waals surface area (Å²) in [6.07, 6.45) is 2.69. The summed E-state index contributed by atoms with van der Waals surface area (Å²) in [4.78, 5) is 38.7. The molecule has 0 radical (unpaired) electrons. The Balaban J connectivity index is 1.65. The van der Waals surface area contributed by atoms with Crippen LogP contribution in [-0.2, 0) is 14.3 Å². The molecular formula is C19H25BrN4O3. The summed E-state index contributed by atoms with van der Waals surface area (Å²) >= 11 is 3.37. The minimum Gasteiger partial charge on any atom is -0.454 e. The van der Waals surface area contributed by atoms with E-state index in [2.05, 4.69) is 30.9 Å². The number of imidazole rings is 1. The van der Waals surface area contributed by atoms with Gasteiger partial charge in [0.05, 0.1) is 11.4 Å². The third-order valence-electron chi connectivity index (χ3n) is 4.68. The number of ether oxygens (including phenoxy) is 1. The zero-order valence-corrected chi connectivity index (χ0v) is 17.7. The summed E-state index contributed by atoms with van der Waals surface area (Å²) in [5.74, 6) is 0.0389. The van der Waals surface area contributed by atoms with E-state index in [1.165, 1.54) is 0 Å². The molecule has 146 valence electrons. The van der Waals surface area contributed by atoms with E-state index in [9.17, 15) is 9.59 Å². The molecule has 1 amide bonds. The van der Waals surface area contributed by atoms with Gasteiger partial charge >= 0.3 is 5.97 Å².